The number of hydrogen-bond donors (Lipinski definition) is 1. The number of aliphatic imine (C=N–C) groups is 1. The number of thiazole rings is 1. The van der Waals surface area contributed by atoms with Crippen molar-refractivity contribution in [3.63, 3.8) is 0 Å². The fourth-order valence-electron chi connectivity index (χ4n) is 3.51. The molecule has 1 aliphatic rings. The molecule has 6 nitrogen and oxygen atoms in total. The molecular formula is C22H32N4O2S. The number of rotatable bonds is 5. The molecule has 1 aromatic heterocycles. The quantitative estimate of drug-likeness (QED) is 0.589. The van der Waals surface area contributed by atoms with Gasteiger partial charge in [0.05, 0.1) is 26.5 Å². The molecule has 0 aliphatic carbocycles. The molecule has 1 aromatic carbocycles. The van der Waals surface area contributed by atoms with E-state index in [0.717, 1.165) is 47.7 Å². The third kappa shape index (κ3) is 5.21. The highest BCUT2D eigenvalue weighted by Crippen LogP contribution is 2.33. The fourth-order valence-corrected chi connectivity index (χ4v) is 4.47. The third-order valence-corrected chi connectivity index (χ3v) is 6.11. The Morgan fingerprint density at radius 1 is 1.24 bits per heavy atom. The van der Waals surface area contributed by atoms with Gasteiger partial charge in [-0.3, -0.25) is 4.99 Å². The van der Waals surface area contributed by atoms with E-state index < -0.39 is 0 Å². The largest absolute Gasteiger partial charge is 0.497 e. The minimum absolute atomic E-state index is 0.0798. The number of guanidine groups is 1. The number of nitrogens with one attached hydrogen (secondary N) is 1. The first-order valence-electron chi connectivity index (χ1n) is 9.97. The molecule has 29 heavy (non-hydrogen) atoms. The van der Waals surface area contributed by atoms with Gasteiger partial charge in [0.2, 0.25) is 0 Å². The van der Waals surface area contributed by atoms with Crippen LogP contribution in [0.3, 0.4) is 0 Å². The van der Waals surface area contributed by atoms with E-state index >= 15 is 0 Å². The van der Waals surface area contributed by atoms with Crippen molar-refractivity contribution in [2.45, 2.75) is 45.1 Å². The van der Waals surface area contributed by atoms with Gasteiger partial charge in [0, 0.05) is 42.9 Å². The van der Waals surface area contributed by atoms with E-state index in [1.165, 1.54) is 5.56 Å². The van der Waals surface area contributed by atoms with Gasteiger partial charge in [-0.15, -0.1) is 11.3 Å². The van der Waals surface area contributed by atoms with Gasteiger partial charge in [0.15, 0.2) is 5.96 Å². The van der Waals surface area contributed by atoms with Gasteiger partial charge in [0.1, 0.15) is 16.5 Å². The molecule has 1 fully saturated rings. The van der Waals surface area contributed by atoms with Crippen LogP contribution in [0.5, 0.6) is 11.5 Å². The molecule has 1 unspecified atom stereocenters. The summed E-state index contributed by atoms with van der Waals surface area (Å²) in [5, 5.41) is 6.73. The zero-order valence-electron chi connectivity index (χ0n) is 18.3. The zero-order chi connectivity index (χ0) is 21.0. The predicted molar refractivity (Wildman–Crippen MR) is 119 cm³/mol. The van der Waals surface area contributed by atoms with Crippen LogP contribution in [0.15, 0.2) is 28.6 Å². The summed E-state index contributed by atoms with van der Waals surface area (Å²) in [5.41, 5.74) is 2.47. The van der Waals surface area contributed by atoms with E-state index in [2.05, 4.69) is 53.5 Å². The van der Waals surface area contributed by atoms with Crippen molar-refractivity contribution < 1.29 is 9.47 Å². The van der Waals surface area contributed by atoms with Crippen LogP contribution in [-0.4, -0.2) is 50.2 Å². The Hall–Kier alpha value is -2.28. The predicted octanol–water partition coefficient (Wildman–Crippen LogP) is 4.02. The summed E-state index contributed by atoms with van der Waals surface area (Å²) in [4.78, 5) is 11.6. The fraction of sp³-hybridized carbons (Fsp3) is 0.545. The van der Waals surface area contributed by atoms with Crippen LogP contribution in [0.2, 0.25) is 0 Å². The molecule has 1 aliphatic heterocycles. The Morgan fingerprint density at radius 3 is 2.48 bits per heavy atom. The van der Waals surface area contributed by atoms with Crippen molar-refractivity contribution in [2.75, 3.05) is 34.4 Å². The Bertz CT molecular complexity index is 834. The van der Waals surface area contributed by atoms with Crippen molar-refractivity contribution in [1.29, 1.82) is 0 Å². The van der Waals surface area contributed by atoms with Crippen LogP contribution < -0.4 is 14.8 Å². The average molecular weight is 417 g/mol. The highest BCUT2D eigenvalue weighted by atomic mass is 32.1. The summed E-state index contributed by atoms with van der Waals surface area (Å²) in [6.07, 6.45) is 1.07. The summed E-state index contributed by atoms with van der Waals surface area (Å²) in [6.45, 7) is 9.15. The Labute approximate surface area is 178 Å². The second kappa shape index (κ2) is 9.03. The first kappa shape index (κ1) is 21.4. The van der Waals surface area contributed by atoms with Crippen molar-refractivity contribution in [2.24, 2.45) is 4.99 Å². The maximum Gasteiger partial charge on any atom is 0.194 e. The lowest BCUT2D eigenvalue weighted by Crippen LogP contribution is -2.39. The highest BCUT2D eigenvalue weighted by Gasteiger charge is 2.27. The van der Waals surface area contributed by atoms with Crippen LogP contribution in [0, 0.1) is 0 Å². The van der Waals surface area contributed by atoms with Gasteiger partial charge >= 0.3 is 0 Å². The van der Waals surface area contributed by atoms with Crippen molar-refractivity contribution >= 4 is 17.3 Å². The molecule has 2 heterocycles. The number of ether oxygens (including phenoxy) is 2. The number of likely N-dealkylation sites (tertiary alicyclic amines) is 1. The van der Waals surface area contributed by atoms with Gasteiger partial charge in [0.25, 0.3) is 0 Å². The van der Waals surface area contributed by atoms with E-state index in [4.69, 9.17) is 14.5 Å². The Kier molecular flexibility index (Phi) is 6.67. The number of methoxy groups -OCH3 is 2. The Morgan fingerprint density at radius 2 is 1.93 bits per heavy atom. The topological polar surface area (TPSA) is 59.0 Å². The van der Waals surface area contributed by atoms with Crippen LogP contribution >= 0.6 is 11.3 Å². The standard InChI is InChI=1S/C22H32N4O2S/c1-22(2,3)19-14-29-20(25-19)12-24-21(23-4)26-8-7-15(13-26)16-9-17(27-5)11-18(10-16)28-6/h9-11,14-15H,7-8,12-13H2,1-6H3,(H,23,24). The van der Waals surface area contributed by atoms with E-state index in [-0.39, 0.29) is 5.41 Å². The Balaban J connectivity index is 1.63. The SMILES string of the molecule is CN=C(NCc1nc(C(C)(C)C)cs1)N1CCC(c2cc(OC)cc(OC)c2)C1. The first-order chi connectivity index (χ1) is 13.8. The minimum Gasteiger partial charge on any atom is -0.497 e. The summed E-state index contributed by atoms with van der Waals surface area (Å²) < 4.78 is 10.9. The number of aromatic nitrogens is 1. The van der Waals surface area contributed by atoms with Gasteiger partial charge in [-0.2, -0.15) is 0 Å². The molecule has 7 heteroatoms. The van der Waals surface area contributed by atoms with Gasteiger partial charge < -0.3 is 19.7 Å². The molecule has 2 aromatic rings. The maximum absolute atomic E-state index is 5.43. The third-order valence-electron chi connectivity index (χ3n) is 5.26. The molecular weight excluding hydrogens is 384 g/mol. The average Bonchev–Trinajstić information content (AvgIpc) is 3.38. The van der Waals surface area contributed by atoms with E-state index in [1.807, 2.05) is 13.1 Å². The molecule has 3 rings (SSSR count). The van der Waals surface area contributed by atoms with Gasteiger partial charge in [-0.1, -0.05) is 20.8 Å². The molecule has 1 N–H and O–H groups in total. The van der Waals surface area contributed by atoms with Crippen LogP contribution in [0.25, 0.3) is 0 Å². The number of benzene rings is 1. The molecule has 1 atom stereocenters. The summed E-state index contributed by atoms with van der Waals surface area (Å²) in [5.74, 6) is 3.01. The molecule has 0 bridgehead atoms. The normalized spacial score (nSPS) is 17.5. The zero-order valence-corrected chi connectivity index (χ0v) is 19.1. The molecule has 0 spiro atoms. The van der Waals surface area contributed by atoms with Crippen molar-refractivity contribution in [3.05, 3.63) is 39.8 Å². The van der Waals surface area contributed by atoms with Crippen LogP contribution in [0.4, 0.5) is 0 Å². The highest BCUT2D eigenvalue weighted by molar-refractivity contribution is 7.09. The second-order valence-electron chi connectivity index (χ2n) is 8.35. The first-order valence-corrected chi connectivity index (χ1v) is 10.9. The number of hydrogen-bond acceptors (Lipinski definition) is 5. The minimum atomic E-state index is 0.0798. The van der Waals surface area contributed by atoms with E-state index in [1.54, 1.807) is 25.6 Å². The van der Waals surface area contributed by atoms with E-state index in [0.29, 0.717) is 12.5 Å². The molecule has 0 saturated carbocycles. The molecule has 1 saturated heterocycles. The van der Waals surface area contributed by atoms with Crippen LogP contribution in [-0.2, 0) is 12.0 Å². The molecule has 0 radical (unpaired) electrons. The summed E-state index contributed by atoms with van der Waals surface area (Å²) in [7, 11) is 5.22. The van der Waals surface area contributed by atoms with Gasteiger partial charge in [-0.05, 0) is 24.1 Å². The molecule has 158 valence electrons. The lowest BCUT2D eigenvalue weighted by atomic mass is 9.93. The monoisotopic (exact) mass is 416 g/mol. The lowest BCUT2D eigenvalue weighted by molar-refractivity contribution is 0.392. The molecule has 0 amide bonds. The van der Waals surface area contributed by atoms with Crippen molar-refractivity contribution in [3.8, 4) is 11.5 Å². The van der Waals surface area contributed by atoms with E-state index in [9.17, 15) is 0 Å². The van der Waals surface area contributed by atoms with Crippen molar-refractivity contribution in [1.82, 2.24) is 15.2 Å². The lowest BCUT2D eigenvalue weighted by Gasteiger charge is -2.21. The summed E-state index contributed by atoms with van der Waals surface area (Å²) >= 11 is 1.70. The second-order valence-corrected chi connectivity index (χ2v) is 9.30. The van der Waals surface area contributed by atoms with Gasteiger partial charge in [-0.25, -0.2) is 4.98 Å². The summed E-state index contributed by atoms with van der Waals surface area (Å²) in [6, 6.07) is 6.13. The maximum atomic E-state index is 5.43. The smallest absolute Gasteiger partial charge is 0.194 e. The number of nitrogens with zero attached hydrogens (tertiary/aromatic N) is 3. The van der Waals surface area contributed by atoms with Crippen LogP contribution in [0.1, 0.15) is 49.4 Å².